The highest BCUT2D eigenvalue weighted by Gasteiger charge is 2.51. The molecule has 3 rings (SSSR count). The van der Waals surface area contributed by atoms with Crippen LogP contribution in [-0.2, 0) is 16.0 Å². The average Bonchev–Trinajstić information content (AvgIpc) is 2.97. The molecular weight excluding hydrogens is 401 g/mol. The van der Waals surface area contributed by atoms with Gasteiger partial charge in [0.1, 0.15) is 29.7 Å². The van der Waals surface area contributed by atoms with Crippen molar-refractivity contribution in [3.8, 4) is 16.9 Å². The van der Waals surface area contributed by atoms with Crippen LogP contribution >= 0.6 is 0 Å². The number of aliphatic hydroxyl groups is 2. The highest BCUT2D eigenvalue weighted by atomic mass is 19.1. The molecule has 2 unspecified atom stereocenters. The summed E-state index contributed by atoms with van der Waals surface area (Å²) in [5.74, 6) is 0.335. The summed E-state index contributed by atoms with van der Waals surface area (Å²) in [6.07, 6.45) is -4.52. The molecule has 3 N–H and O–H groups in total. The SMILES string of the molecule is CC(=O)NCCc1ccc(OC2OC(C(C)(C)F)[C@@H](O)[C@H]2O)cc1-c1cccc(C)c1. The van der Waals surface area contributed by atoms with E-state index in [0.717, 1.165) is 22.3 Å². The summed E-state index contributed by atoms with van der Waals surface area (Å²) in [6.45, 7) is 6.55. The number of aryl methyl sites for hydroxylation is 1. The second-order valence-corrected chi connectivity index (χ2v) is 8.51. The van der Waals surface area contributed by atoms with Gasteiger partial charge in [-0.05, 0) is 56.0 Å². The minimum absolute atomic E-state index is 0.0895. The van der Waals surface area contributed by atoms with Crippen LogP contribution in [0.25, 0.3) is 11.1 Å². The number of nitrogens with one attached hydrogen (secondary N) is 1. The van der Waals surface area contributed by atoms with E-state index in [2.05, 4.69) is 5.32 Å². The standard InChI is InChI=1S/C24H30FNO5/c1-14-6-5-7-17(12-14)19-13-18(9-8-16(19)10-11-26-15(2)27)30-23-21(29)20(28)22(31-23)24(3,4)25/h5-9,12-13,20-23,28-29H,10-11H2,1-4H3,(H,26,27)/t20-,21+,22?,23?/m0/s1. The summed E-state index contributed by atoms with van der Waals surface area (Å²) in [5, 5.41) is 23.3. The van der Waals surface area contributed by atoms with Crippen molar-refractivity contribution in [2.45, 2.75) is 64.4 Å². The van der Waals surface area contributed by atoms with Crippen molar-refractivity contribution in [3.63, 3.8) is 0 Å². The Morgan fingerprint density at radius 3 is 2.55 bits per heavy atom. The normalized spacial score (nSPS) is 23.6. The molecule has 1 heterocycles. The van der Waals surface area contributed by atoms with Crippen LogP contribution < -0.4 is 10.1 Å². The van der Waals surface area contributed by atoms with Crippen molar-refractivity contribution < 1.29 is 28.9 Å². The van der Waals surface area contributed by atoms with Gasteiger partial charge >= 0.3 is 0 Å². The summed E-state index contributed by atoms with van der Waals surface area (Å²) in [4.78, 5) is 11.2. The van der Waals surface area contributed by atoms with Crippen LogP contribution in [0.3, 0.4) is 0 Å². The number of alkyl halides is 1. The zero-order chi connectivity index (χ0) is 22.8. The van der Waals surface area contributed by atoms with Gasteiger partial charge in [-0.1, -0.05) is 35.9 Å². The number of halogens is 1. The van der Waals surface area contributed by atoms with Crippen LogP contribution in [0, 0.1) is 6.92 Å². The Hall–Kier alpha value is -2.48. The molecule has 1 aliphatic heterocycles. The fraction of sp³-hybridized carbons (Fsp3) is 0.458. The van der Waals surface area contributed by atoms with Gasteiger partial charge in [-0.2, -0.15) is 0 Å². The Kier molecular flexibility index (Phi) is 6.99. The first-order valence-electron chi connectivity index (χ1n) is 10.4. The average molecular weight is 432 g/mol. The van der Waals surface area contributed by atoms with Crippen LogP contribution in [0.2, 0.25) is 0 Å². The molecule has 4 atom stereocenters. The number of carbonyl (C=O) groups is 1. The lowest BCUT2D eigenvalue weighted by molar-refractivity contribution is -0.136. The molecule has 0 saturated carbocycles. The number of amides is 1. The molecule has 0 aliphatic carbocycles. The Morgan fingerprint density at radius 1 is 1.19 bits per heavy atom. The zero-order valence-corrected chi connectivity index (χ0v) is 18.3. The number of aliphatic hydroxyl groups excluding tert-OH is 2. The van der Waals surface area contributed by atoms with Gasteiger partial charge in [-0.25, -0.2) is 4.39 Å². The quantitative estimate of drug-likeness (QED) is 0.628. The fourth-order valence-electron chi connectivity index (χ4n) is 3.75. The minimum Gasteiger partial charge on any atom is -0.462 e. The highest BCUT2D eigenvalue weighted by molar-refractivity contribution is 5.73. The van der Waals surface area contributed by atoms with E-state index in [1.165, 1.54) is 20.8 Å². The van der Waals surface area contributed by atoms with E-state index in [1.54, 1.807) is 6.07 Å². The minimum atomic E-state index is -1.83. The second-order valence-electron chi connectivity index (χ2n) is 8.51. The zero-order valence-electron chi connectivity index (χ0n) is 18.3. The molecule has 7 heteroatoms. The first-order chi connectivity index (χ1) is 14.6. The van der Waals surface area contributed by atoms with Gasteiger partial charge < -0.3 is 25.0 Å². The molecule has 1 aliphatic rings. The second kappa shape index (κ2) is 9.34. The van der Waals surface area contributed by atoms with Gasteiger partial charge in [-0.3, -0.25) is 4.79 Å². The third-order valence-corrected chi connectivity index (χ3v) is 5.33. The van der Waals surface area contributed by atoms with Gasteiger partial charge in [0.05, 0.1) is 0 Å². The first kappa shape index (κ1) is 23.2. The smallest absolute Gasteiger partial charge is 0.229 e. The molecule has 0 aromatic heterocycles. The van der Waals surface area contributed by atoms with E-state index in [4.69, 9.17) is 9.47 Å². The van der Waals surface area contributed by atoms with Crippen LogP contribution in [0.15, 0.2) is 42.5 Å². The third-order valence-electron chi connectivity index (χ3n) is 5.33. The Morgan fingerprint density at radius 2 is 1.94 bits per heavy atom. The van der Waals surface area contributed by atoms with Crippen molar-refractivity contribution in [2.24, 2.45) is 0 Å². The first-order valence-corrected chi connectivity index (χ1v) is 10.4. The lowest BCUT2D eigenvalue weighted by Gasteiger charge is -2.24. The topological polar surface area (TPSA) is 88.0 Å². The van der Waals surface area contributed by atoms with Crippen LogP contribution in [0.4, 0.5) is 4.39 Å². The molecule has 0 bridgehead atoms. The molecule has 1 amide bonds. The van der Waals surface area contributed by atoms with Crippen molar-refractivity contribution in [2.75, 3.05) is 6.54 Å². The molecule has 2 aromatic rings. The number of rotatable bonds is 7. The van der Waals surface area contributed by atoms with Crippen LogP contribution in [0.1, 0.15) is 31.9 Å². The van der Waals surface area contributed by atoms with Crippen molar-refractivity contribution in [3.05, 3.63) is 53.6 Å². The van der Waals surface area contributed by atoms with E-state index < -0.39 is 30.3 Å². The lowest BCUT2D eigenvalue weighted by atomic mass is 9.96. The molecule has 1 saturated heterocycles. The molecule has 2 aromatic carbocycles. The van der Waals surface area contributed by atoms with Crippen molar-refractivity contribution in [1.29, 1.82) is 0 Å². The van der Waals surface area contributed by atoms with Crippen LogP contribution in [0.5, 0.6) is 5.75 Å². The van der Waals surface area contributed by atoms with E-state index in [1.807, 2.05) is 43.3 Å². The molecule has 0 radical (unpaired) electrons. The van der Waals surface area contributed by atoms with Gasteiger partial charge in [0.2, 0.25) is 12.2 Å². The maximum absolute atomic E-state index is 14.3. The van der Waals surface area contributed by atoms with Gasteiger partial charge in [0.25, 0.3) is 0 Å². The van der Waals surface area contributed by atoms with Gasteiger partial charge in [-0.15, -0.1) is 0 Å². The van der Waals surface area contributed by atoms with E-state index in [0.29, 0.717) is 18.7 Å². The Labute approximate surface area is 182 Å². The predicted molar refractivity (Wildman–Crippen MR) is 115 cm³/mol. The third kappa shape index (κ3) is 5.61. The summed E-state index contributed by atoms with van der Waals surface area (Å²) in [7, 11) is 0. The number of carbonyl (C=O) groups excluding carboxylic acids is 1. The molecule has 6 nitrogen and oxygen atoms in total. The Balaban J connectivity index is 1.86. The summed E-state index contributed by atoms with van der Waals surface area (Å²) < 4.78 is 25.6. The molecule has 0 spiro atoms. The molecule has 1 fully saturated rings. The number of hydrogen-bond acceptors (Lipinski definition) is 5. The monoisotopic (exact) mass is 431 g/mol. The maximum Gasteiger partial charge on any atom is 0.229 e. The van der Waals surface area contributed by atoms with E-state index in [9.17, 15) is 19.4 Å². The predicted octanol–water partition coefficient (Wildman–Crippen LogP) is 2.91. The lowest BCUT2D eigenvalue weighted by Crippen LogP contribution is -2.42. The number of hydrogen-bond donors (Lipinski definition) is 3. The van der Waals surface area contributed by atoms with Crippen LogP contribution in [-0.4, -0.2) is 52.9 Å². The van der Waals surface area contributed by atoms with Gasteiger partial charge in [0.15, 0.2) is 0 Å². The molecular formula is C24H30FNO5. The van der Waals surface area contributed by atoms with Gasteiger partial charge in [0, 0.05) is 13.5 Å². The maximum atomic E-state index is 14.3. The summed E-state index contributed by atoms with van der Waals surface area (Å²) >= 11 is 0. The number of ether oxygens (including phenoxy) is 2. The van der Waals surface area contributed by atoms with Crippen molar-refractivity contribution >= 4 is 5.91 Å². The van der Waals surface area contributed by atoms with E-state index in [-0.39, 0.29) is 5.91 Å². The molecule has 168 valence electrons. The van der Waals surface area contributed by atoms with Crippen molar-refractivity contribution in [1.82, 2.24) is 5.32 Å². The fourth-order valence-corrected chi connectivity index (χ4v) is 3.75. The number of benzene rings is 2. The highest BCUT2D eigenvalue weighted by Crippen LogP contribution is 2.34. The summed E-state index contributed by atoms with van der Waals surface area (Å²) in [6, 6.07) is 13.5. The summed E-state index contributed by atoms with van der Waals surface area (Å²) in [5.41, 5.74) is 2.18. The van der Waals surface area contributed by atoms with E-state index >= 15 is 0 Å². The molecule has 31 heavy (non-hydrogen) atoms. The Bertz CT molecular complexity index is 926. The largest absolute Gasteiger partial charge is 0.462 e.